The smallest absolute Gasteiger partial charge is 0.297 e. The van der Waals surface area contributed by atoms with Gasteiger partial charge in [-0.25, -0.2) is 9.13 Å². The second-order valence-corrected chi connectivity index (χ2v) is 10.7. The van der Waals surface area contributed by atoms with E-state index in [9.17, 15) is 9.13 Å². The molecule has 6 nitrogen and oxygen atoms in total. The quantitative estimate of drug-likeness (QED) is 0.242. The largest absolute Gasteiger partial charge is 0.424 e. The highest BCUT2D eigenvalue weighted by molar-refractivity contribution is 7.81. The van der Waals surface area contributed by atoms with Crippen LogP contribution < -0.4 is 0 Å². The summed E-state index contributed by atoms with van der Waals surface area (Å²) >= 11 is 11.0. The Morgan fingerprint density at radius 1 is 0.750 bits per heavy atom. The molecule has 0 heterocycles. The normalized spacial score (nSPS) is 12.4. The second kappa shape index (κ2) is 15.0. The fourth-order valence-electron chi connectivity index (χ4n) is 1.20. The molecule has 0 aliphatic rings. The molecule has 24 heavy (non-hydrogen) atoms. The first-order valence-electron chi connectivity index (χ1n) is 8.21. The number of unbranched alkanes of at least 4 members (excludes halogenated alkanes) is 2. The third-order valence-corrected chi connectivity index (χ3v) is 5.55. The van der Waals surface area contributed by atoms with Crippen molar-refractivity contribution in [2.24, 2.45) is 0 Å². The molecule has 0 bridgehead atoms. The van der Waals surface area contributed by atoms with Crippen molar-refractivity contribution in [3.63, 3.8) is 0 Å². The zero-order valence-corrected chi connectivity index (χ0v) is 18.8. The van der Waals surface area contributed by atoms with Crippen molar-refractivity contribution in [1.29, 1.82) is 0 Å². The van der Waals surface area contributed by atoms with Gasteiger partial charge in [0.25, 0.3) is 0 Å². The van der Waals surface area contributed by atoms with Crippen molar-refractivity contribution in [1.82, 2.24) is 0 Å². The molecule has 0 saturated carbocycles. The van der Waals surface area contributed by atoms with E-state index in [1.165, 1.54) is 0 Å². The molecule has 0 unspecified atom stereocenters. The van der Waals surface area contributed by atoms with Gasteiger partial charge in [-0.2, -0.15) is 0 Å². The van der Waals surface area contributed by atoms with Gasteiger partial charge in [-0.05, 0) is 40.5 Å². The van der Waals surface area contributed by atoms with E-state index in [-0.39, 0.29) is 12.2 Å². The molecule has 148 valence electrons. The summed E-state index contributed by atoms with van der Waals surface area (Å²) in [6.07, 6.45) is 3.33. The average Bonchev–Trinajstić information content (AvgIpc) is 2.36. The molecule has 0 saturated heterocycles. The molecule has 0 aliphatic carbocycles. The lowest BCUT2D eigenvalue weighted by atomic mass is 10.4. The Balaban J connectivity index is 0. The van der Waals surface area contributed by atoms with E-state index >= 15 is 0 Å². The molecule has 0 aromatic heterocycles. The van der Waals surface area contributed by atoms with E-state index in [1.807, 2.05) is 13.8 Å². The monoisotopic (exact) mass is 428 g/mol. The molecule has 0 atom stereocenters. The summed E-state index contributed by atoms with van der Waals surface area (Å²) in [5.41, 5.74) is 0. The Morgan fingerprint density at radius 2 is 1.08 bits per heavy atom. The van der Waals surface area contributed by atoms with E-state index in [1.54, 1.807) is 27.7 Å². The van der Waals surface area contributed by atoms with Crippen LogP contribution in [0.3, 0.4) is 0 Å². The maximum Gasteiger partial charge on any atom is 0.424 e. The molecule has 0 aromatic rings. The van der Waals surface area contributed by atoms with Gasteiger partial charge in [0.05, 0.1) is 25.4 Å². The van der Waals surface area contributed by atoms with Gasteiger partial charge >= 0.3 is 13.9 Å². The molecule has 0 N–H and O–H groups in total. The summed E-state index contributed by atoms with van der Waals surface area (Å²) in [7, 11) is 0. The van der Waals surface area contributed by atoms with Crippen molar-refractivity contribution in [3.05, 3.63) is 0 Å². The lowest BCUT2D eigenvalue weighted by Gasteiger charge is -2.15. The van der Waals surface area contributed by atoms with Gasteiger partial charge in [0, 0.05) is 22.5 Å². The lowest BCUT2D eigenvalue weighted by molar-refractivity contribution is 0.154. The maximum absolute atomic E-state index is 11.3. The van der Waals surface area contributed by atoms with Crippen molar-refractivity contribution in [2.45, 2.75) is 79.4 Å². The van der Waals surface area contributed by atoms with Crippen molar-refractivity contribution in [3.8, 4) is 0 Å². The van der Waals surface area contributed by atoms with E-state index in [0.29, 0.717) is 13.2 Å². The Labute approximate surface area is 156 Å². The number of halogens is 2. The first-order valence-corrected chi connectivity index (χ1v) is 13.1. The van der Waals surface area contributed by atoms with Crippen LogP contribution in [0.4, 0.5) is 0 Å². The van der Waals surface area contributed by atoms with Gasteiger partial charge in [0.15, 0.2) is 0 Å². The third-order valence-electron chi connectivity index (χ3n) is 2.16. The summed E-state index contributed by atoms with van der Waals surface area (Å²) in [5, 5.41) is 0. The number of hydrogen-bond donors (Lipinski definition) is 0. The Morgan fingerprint density at radius 3 is 1.33 bits per heavy atom. The predicted octanol–water partition coefficient (Wildman–Crippen LogP) is 7.15. The first-order chi connectivity index (χ1) is 11.0. The second-order valence-electron chi connectivity index (χ2n) is 5.54. The Bertz CT molecular complexity index is 365. The predicted molar refractivity (Wildman–Crippen MR) is 101 cm³/mol. The van der Waals surface area contributed by atoms with Gasteiger partial charge in [0.1, 0.15) is 0 Å². The summed E-state index contributed by atoms with van der Waals surface area (Å²) in [6, 6.07) is 0. The average molecular weight is 429 g/mol. The molecule has 0 radical (unpaired) electrons. The zero-order valence-electron chi connectivity index (χ0n) is 15.5. The zero-order chi connectivity index (χ0) is 19.2. The minimum absolute atomic E-state index is 0.183. The van der Waals surface area contributed by atoms with Crippen LogP contribution >= 0.6 is 36.4 Å². The molecular weight excluding hydrogens is 397 g/mol. The molecule has 0 aromatic carbocycles. The van der Waals surface area contributed by atoms with Crippen LogP contribution in [0.2, 0.25) is 0 Å². The van der Waals surface area contributed by atoms with Crippen LogP contribution in [0.5, 0.6) is 0 Å². The van der Waals surface area contributed by atoms with Crippen LogP contribution in [0.25, 0.3) is 0 Å². The van der Waals surface area contributed by atoms with Crippen molar-refractivity contribution < 1.29 is 27.2 Å². The minimum atomic E-state index is -3.33. The highest BCUT2D eigenvalue weighted by Gasteiger charge is 2.23. The van der Waals surface area contributed by atoms with Crippen LogP contribution in [-0.2, 0) is 27.2 Å². The fourth-order valence-corrected chi connectivity index (χ4v) is 4.40. The number of rotatable bonds is 12. The molecule has 0 aliphatic heterocycles. The van der Waals surface area contributed by atoms with Gasteiger partial charge in [-0.3, -0.25) is 18.1 Å². The summed E-state index contributed by atoms with van der Waals surface area (Å²) < 4.78 is 42.0. The van der Waals surface area contributed by atoms with Gasteiger partial charge in [-0.1, -0.05) is 26.7 Å². The molecule has 0 amide bonds. The maximum atomic E-state index is 11.3. The highest BCUT2D eigenvalue weighted by atomic mass is 35.7. The van der Waals surface area contributed by atoms with E-state index in [0.717, 1.165) is 25.7 Å². The highest BCUT2D eigenvalue weighted by Crippen LogP contribution is 2.55. The first kappa shape index (κ1) is 27.1. The summed E-state index contributed by atoms with van der Waals surface area (Å²) in [6.45, 7) is 5.25. The van der Waals surface area contributed by atoms with Gasteiger partial charge in [-0.15, -0.1) is 0 Å². The standard InChI is InChI=1S/C8H18ClO3P.C6H14ClO3P/c1-3-5-7-11-13(9,10)12-8-6-4-2;1-5(2)9-11(7,8)10-6(3)4/h3-8H2,1-2H3;5-6H,1-4H3. The van der Waals surface area contributed by atoms with Crippen molar-refractivity contribution >= 4 is 36.4 Å². The summed E-state index contributed by atoms with van der Waals surface area (Å²) in [5.74, 6) is 0. The minimum Gasteiger partial charge on any atom is -0.297 e. The van der Waals surface area contributed by atoms with Crippen molar-refractivity contribution in [2.75, 3.05) is 13.2 Å². The van der Waals surface area contributed by atoms with Crippen LogP contribution in [-0.4, -0.2) is 25.4 Å². The van der Waals surface area contributed by atoms with E-state index in [4.69, 9.17) is 40.6 Å². The molecule has 10 heteroatoms. The van der Waals surface area contributed by atoms with Crippen LogP contribution in [0.15, 0.2) is 0 Å². The van der Waals surface area contributed by atoms with Gasteiger partial charge < -0.3 is 0 Å². The topological polar surface area (TPSA) is 71.1 Å². The molecular formula is C14H32Cl2O6P2. The Hall–Kier alpha value is 0.880. The van der Waals surface area contributed by atoms with Crippen LogP contribution in [0, 0.1) is 0 Å². The SMILES string of the molecule is CC(C)OP(=O)(Cl)OC(C)C.CCCCOP(=O)(Cl)OCCCC. The summed E-state index contributed by atoms with van der Waals surface area (Å²) in [4.78, 5) is 0. The lowest BCUT2D eigenvalue weighted by Crippen LogP contribution is -2.04. The molecule has 0 spiro atoms. The molecule has 0 rings (SSSR count). The van der Waals surface area contributed by atoms with Gasteiger partial charge in [0.2, 0.25) is 0 Å². The molecule has 0 fully saturated rings. The third kappa shape index (κ3) is 20.9. The van der Waals surface area contributed by atoms with E-state index in [2.05, 4.69) is 0 Å². The Kier molecular flexibility index (Phi) is 16.9. The number of hydrogen-bond acceptors (Lipinski definition) is 6. The fraction of sp³-hybridized carbons (Fsp3) is 1.00. The van der Waals surface area contributed by atoms with E-state index < -0.39 is 13.9 Å². The van der Waals surface area contributed by atoms with Crippen LogP contribution in [0.1, 0.15) is 67.2 Å².